The van der Waals surface area contributed by atoms with Crippen molar-refractivity contribution in [3.63, 3.8) is 0 Å². The van der Waals surface area contributed by atoms with Gasteiger partial charge < -0.3 is 9.73 Å². The average Bonchev–Trinajstić information content (AvgIpc) is 3.08. The van der Waals surface area contributed by atoms with E-state index < -0.39 is 0 Å². The molecule has 104 valence electrons. The predicted molar refractivity (Wildman–Crippen MR) is 73.4 cm³/mol. The molecule has 1 unspecified atom stereocenters. The van der Waals surface area contributed by atoms with E-state index in [1.165, 1.54) is 0 Å². The van der Waals surface area contributed by atoms with Crippen LogP contribution in [-0.4, -0.2) is 22.6 Å². The third-order valence-corrected chi connectivity index (χ3v) is 3.30. The lowest BCUT2D eigenvalue weighted by Gasteiger charge is -2.03. The zero-order valence-electron chi connectivity index (χ0n) is 11.2. The fourth-order valence-electron chi connectivity index (χ4n) is 2.28. The van der Waals surface area contributed by atoms with Crippen LogP contribution < -0.4 is 10.6 Å². The second-order valence-electron chi connectivity index (χ2n) is 4.92. The number of hydrogen-bond acceptors (Lipinski definition) is 5. The molecule has 2 aromatic rings. The lowest BCUT2D eigenvalue weighted by molar-refractivity contribution is 0.102. The molecule has 1 saturated heterocycles. The zero-order valence-corrected chi connectivity index (χ0v) is 11.2. The van der Waals surface area contributed by atoms with E-state index in [4.69, 9.17) is 4.42 Å². The Morgan fingerprint density at radius 1 is 1.45 bits per heavy atom. The Morgan fingerprint density at radius 3 is 3.10 bits per heavy atom. The Balaban J connectivity index is 1.70. The second-order valence-corrected chi connectivity index (χ2v) is 4.92. The highest BCUT2D eigenvalue weighted by atomic mass is 16.4. The number of rotatable bonds is 3. The maximum Gasteiger partial charge on any atom is 0.322 e. The lowest BCUT2D eigenvalue weighted by Crippen LogP contribution is -2.13. The predicted octanol–water partition coefficient (Wildman–Crippen LogP) is 2.05. The van der Waals surface area contributed by atoms with Gasteiger partial charge in [-0.3, -0.25) is 10.1 Å². The molecule has 1 aromatic carbocycles. The fraction of sp³-hybridized carbons (Fsp3) is 0.357. The molecule has 0 bridgehead atoms. The van der Waals surface area contributed by atoms with Crippen molar-refractivity contribution in [2.45, 2.75) is 25.8 Å². The third-order valence-electron chi connectivity index (χ3n) is 3.30. The van der Waals surface area contributed by atoms with E-state index >= 15 is 0 Å². The Hall–Kier alpha value is -2.21. The number of hydrogen-bond donors (Lipinski definition) is 2. The SMILES string of the molecule is Cc1cccc(C(=O)Nc2nnc(C3CCCN3)o2)c1. The molecule has 0 saturated carbocycles. The van der Waals surface area contributed by atoms with Crippen molar-refractivity contribution in [1.82, 2.24) is 15.5 Å². The third kappa shape index (κ3) is 2.70. The molecule has 6 nitrogen and oxygen atoms in total. The van der Waals surface area contributed by atoms with Crippen molar-refractivity contribution in [3.8, 4) is 0 Å². The van der Waals surface area contributed by atoms with Crippen LogP contribution in [0.3, 0.4) is 0 Å². The number of nitrogens with zero attached hydrogens (tertiary/aromatic N) is 2. The van der Waals surface area contributed by atoms with Gasteiger partial charge in [-0.1, -0.05) is 22.8 Å². The van der Waals surface area contributed by atoms with Crippen LogP contribution in [0.5, 0.6) is 0 Å². The van der Waals surface area contributed by atoms with Crippen molar-refractivity contribution in [1.29, 1.82) is 0 Å². The van der Waals surface area contributed by atoms with Crippen LogP contribution in [0.2, 0.25) is 0 Å². The number of nitrogens with one attached hydrogen (secondary N) is 2. The van der Waals surface area contributed by atoms with Gasteiger partial charge in [0.05, 0.1) is 6.04 Å². The summed E-state index contributed by atoms with van der Waals surface area (Å²) in [6.45, 7) is 2.89. The number of aromatic nitrogens is 2. The first-order chi connectivity index (χ1) is 9.72. The van der Waals surface area contributed by atoms with Crippen molar-refractivity contribution in [3.05, 3.63) is 41.3 Å². The van der Waals surface area contributed by atoms with E-state index in [9.17, 15) is 4.79 Å². The number of anilines is 1. The van der Waals surface area contributed by atoms with Gasteiger partial charge >= 0.3 is 6.01 Å². The highest BCUT2D eigenvalue weighted by molar-refractivity contribution is 6.03. The average molecular weight is 272 g/mol. The smallest absolute Gasteiger partial charge is 0.322 e. The van der Waals surface area contributed by atoms with Crippen molar-refractivity contribution < 1.29 is 9.21 Å². The summed E-state index contributed by atoms with van der Waals surface area (Å²) in [6.07, 6.45) is 2.07. The molecule has 2 heterocycles. The molecule has 1 atom stereocenters. The Bertz CT molecular complexity index is 617. The van der Waals surface area contributed by atoms with Gasteiger partial charge in [-0.15, -0.1) is 5.10 Å². The van der Waals surface area contributed by atoms with Gasteiger partial charge in [0.2, 0.25) is 5.89 Å². The molecule has 1 amide bonds. The van der Waals surface area contributed by atoms with E-state index in [0.717, 1.165) is 24.9 Å². The highest BCUT2D eigenvalue weighted by Crippen LogP contribution is 2.23. The molecular formula is C14H16N4O2. The van der Waals surface area contributed by atoms with Crippen LogP contribution in [0.4, 0.5) is 6.01 Å². The van der Waals surface area contributed by atoms with Crippen LogP contribution >= 0.6 is 0 Å². The summed E-state index contributed by atoms with van der Waals surface area (Å²) in [6, 6.07) is 7.58. The largest absolute Gasteiger partial charge is 0.406 e. The standard InChI is InChI=1S/C14H16N4O2/c1-9-4-2-5-10(8-9)12(19)16-14-18-17-13(20-14)11-6-3-7-15-11/h2,4-5,8,11,15H,3,6-7H2,1H3,(H,16,18,19). The summed E-state index contributed by atoms with van der Waals surface area (Å²) in [7, 11) is 0. The van der Waals surface area contributed by atoms with Crippen molar-refractivity contribution in [2.75, 3.05) is 11.9 Å². The highest BCUT2D eigenvalue weighted by Gasteiger charge is 2.22. The molecule has 0 aliphatic carbocycles. The van der Waals surface area contributed by atoms with Crippen LogP contribution in [0.15, 0.2) is 28.7 Å². The van der Waals surface area contributed by atoms with Crippen LogP contribution in [0.1, 0.15) is 40.7 Å². The first kappa shape index (κ1) is 12.8. The number of aryl methyl sites for hydroxylation is 1. The molecule has 1 fully saturated rings. The van der Waals surface area contributed by atoms with Gasteiger partial charge in [0.25, 0.3) is 5.91 Å². The molecule has 0 spiro atoms. The molecular weight excluding hydrogens is 256 g/mol. The summed E-state index contributed by atoms with van der Waals surface area (Å²) in [5, 5.41) is 13.7. The van der Waals surface area contributed by atoms with Gasteiger partial charge in [0.15, 0.2) is 0 Å². The number of benzene rings is 1. The minimum Gasteiger partial charge on any atom is -0.406 e. The molecule has 6 heteroatoms. The number of carbonyl (C=O) groups excluding carboxylic acids is 1. The van der Waals surface area contributed by atoms with Crippen LogP contribution in [0.25, 0.3) is 0 Å². The van der Waals surface area contributed by atoms with Crippen LogP contribution in [0, 0.1) is 6.92 Å². The molecule has 20 heavy (non-hydrogen) atoms. The minimum atomic E-state index is -0.247. The minimum absolute atomic E-state index is 0.104. The molecule has 2 N–H and O–H groups in total. The van der Waals surface area contributed by atoms with Gasteiger partial charge in [0.1, 0.15) is 0 Å². The normalized spacial score (nSPS) is 18.1. The van der Waals surface area contributed by atoms with Gasteiger partial charge in [-0.2, -0.15) is 0 Å². The summed E-state index contributed by atoms with van der Waals surface area (Å²) >= 11 is 0. The Morgan fingerprint density at radius 2 is 2.35 bits per heavy atom. The monoisotopic (exact) mass is 272 g/mol. The maximum absolute atomic E-state index is 12.0. The topological polar surface area (TPSA) is 80.0 Å². The summed E-state index contributed by atoms with van der Waals surface area (Å²) in [5.41, 5.74) is 1.60. The second kappa shape index (κ2) is 5.42. The van der Waals surface area contributed by atoms with E-state index in [-0.39, 0.29) is 18.0 Å². The maximum atomic E-state index is 12.0. The van der Waals surface area contributed by atoms with E-state index in [0.29, 0.717) is 11.5 Å². The van der Waals surface area contributed by atoms with Gasteiger partial charge in [-0.25, -0.2) is 0 Å². The fourth-order valence-corrected chi connectivity index (χ4v) is 2.28. The van der Waals surface area contributed by atoms with E-state index in [1.54, 1.807) is 6.07 Å². The zero-order chi connectivity index (χ0) is 13.9. The number of amides is 1. The van der Waals surface area contributed by atoms with Gasteiger partial charge in [0, 0.05) is 5.56 Å². The molecule has 3 rings (SSSR count). The lowest BCUT2D eigenvalue weighted by atomic mass is 10.1. The van der Waals surface area contributed by atoms with Crippen molar-refractivity contribution >= 4 is 11.9 Å². The summed E-state index contributed by atoms with van der Waals surface area (Å²) in [5.74, 6) is 0.283. The quantitative estimate of drug-likeness (QED) is 0.894. The molecule has 1 aromatic heterocycles. The van der Waals surface area contributed by atoms with E-state index in [1.807, 2.05) is 25.1 Å². The molecule has 0 radical (unpaired) electrons. The van der Waals surface area contributed by atoms with E-state index in [2.05, 4.69) is 20.8 Å². The van der Waals surface area contributed by atoms with Crippen molar-refractivity contribution in [2.24, 2.45) is 0 Å². The van der Waals surface area contributed by atoms with Gasteiger partial charge in [-0.05, 0) is 38.4 Å². The summed E-state index contributed by atoms with van der Waals surface area (Å²) in [4.78, 5) is 12.0. The molecule has 1 aliphatic heterocycles. The summed E-state index contributed by atoms with van der Waals surface area (Å²) < 4.78 is 5.47. The molecule has 1 aliphatic rings. The number of carbonyl (C=O) groups is 1. The Labute approximate surface area is 116 Å². The first-order valence-electron chi connectivity index (χ1n) is 6.67. The Kier molecular flexibility index (Phi) is 3.47. The first-order valence-corrected chi connectivity index (χ1v) is 6.67. The van der Waals surface area contributed by atoms with Crippen LogP contribution in [-0.2, 0) is 0 Å².